The minimum atomic E-state index is -0.379. The van der Waals surface area contributed by atoms with Crippen molar-refractivity contribution in [3.63, 3.8) is 0 Å². The van der Waals surface area contributed by atoms with Crippen LogP contribution in [0.4, 0.5) is 0 Å². The fourth-order valence-electron chi connectivity index (χ4n) is 1.02. The molecule has 0 aromatic heterocycles. The predicted molar refractivity (Wildman–Crippen MR) is 47.0 cm³/mol. The van der Waals surface area contributed by atoms with Gasteiger partial charge in [-0.2, -0.15) is 0 Å². The first-order valence-electron chi connectivity index (χ1n) is 3.75. The summed E-state index contributed by atoms with van der Waals surface area (Å²) in [6, 6.07) is 0. The van der Waals surface area contributed by atoms with E-state index in [1.54, 1.807) is 0 Å². The predicted octanol–water partition coefficient (Wildman–Crippen LogP) is 1.77. The number of allylic oxidation sites excluding steroid dienone is 3. The molecule has 0 rings (SSSR count). The summed E-state index contributed by atoms with van der Waals surface area (Å²) in [5.74, 6) is -0.379. The maximum Gasteiger partial charge on any atom is 0.241 e. The summed E-state index contributed by atoms with van der Waals surface area (Å²) in [6.45, 7) is 5.90. The molecule has 2 nitrogen and oxygen atoms in total. The van der Waals surface area contributed by atoms with Crippen molar-refractivity contribution >= 4 is 5.91 Å². The Kier molecular flexibility index (Phi) is 4.27. The second kappa shape index (κ2) is 4.72. The molecule has 0 saturated carbocycles. The molecule has 0 unspecified atom stereocenters. The molecule has 0 bridgehead atoms. The van der Waals surface area contributed by atoms with E-state index in [0.717, 1.165) is 12.0 Å². The normalized spacial score (nSPS) is 13.4. The van der Waals surface area contributed by atoms with Gasteiger partial charge in [0.1, 0.15) is 0 Å². The molecule has 0 radical (unpaired) electrons. The smallest absolute Gasteiger partial charge is 0.241 e. The number of amides is 1. The Morgan fingerprint density at radius 3 is 2.36 bits per heavy atom. The molecule has 0 aliphatic carbocycles. The molecular weight excluding hydrogens is 138 g/mol. The van der Waals surface area contributed by atoms with E-state index in [-0.39, 0.29) is 5.91 Å². The highest BCUT2D eigenvalue weighted by Crippen LogP contribution is 2.11. The summed E-state index contributed by atoms with van der Waals surface area (Å²) < 4.78 is 0. The third-order valence-corrected chi connectivity index (χ3v) is 1.59. The van der Waals surface area contributed by atoms with Crippen LogP contribution in [0.3, 0.4) is 0 Å². The van der Waals surface area contributed by atoms with Crippen LogP contribution in [0, 0.1) is 0 Å². The van der Waals surface area contributed by atoms with Crippen molar-refractivity contribution in [3.05, 3.63) is 23.3 Å². The minimum absolute atomic E-state index is 0.379. The monoisotopic (exact) mass is 153 g/mol. The lowest BCUT2D eigenvalue weighted by atomic mass is 10.1. The molecule has 0 saturated heterocycles. The Labute approximate surface area is 67.8 Å². The molecule has 0 fully saturated rings. The van der Waals surface area contributed by atoms with Crippen LogP contribution in [0.15, 0.2) is 23.3 Å². The number of primary amides is 1. The number of hydrogen-bond donors (Lipinski definition) is 1. The van der Waals surface area contributed by atoms with Gasteiger partial charge in [0.2, 0.25) is 5.91 Å². The van der Waals surface area contributed by atoms with Crippen LogP contribution in [0.5, 0.6) is 0 Å². The van der Waals surface area contributed by atoms with Crippen molar-refractivity contribution in [1.29, 1.82) is 0 Å². The first-order chi connectivity index (χ1) is 5.11. The molecule has 0 aliphatic rings. The van der Waals surface area contributed by atoms with Crippen LogP contribution in [0.25, 0.3) is 0 Å². The van der Waals surface area contributed by atoms with Crippen LogP contribution in [0.2, 0.25) is 0 Å². The van der Waals surface area contributed by atoms with Gasteiger partial charge in [-0.1, -0.05) is 13.0 Å². The summed E-state index contributed by atoms with van der Waals surface area (Å²) in [5, 5.41) is 0. The molecule has 0 spiro atoms. The molecule has 2 heteroatoms. The van der Waals surface area contributed by atoms with Gasteiger partial charge in [-0.25, -0.2) is 0 Å². The van der Waals surface area contributed by atoms with Gasteiger partial charge in [0.05, 0.1) is 0 Å². The third-order valence-electron chi connectivity index (χ3n) is 1.59. The van der Waals surface area contributed by atoms with Crippen molar-refractivity contribution in [2.24, 2.45) is 5.73 Å². The highest BCUT2D eigenvalue weighted by Gasteiger charge is 1.96. The van der Waals surface area contributed by atoms with Crippen molar-refractivity contribution in [1.82, 2.24) is 0 Å². The maximum absolute atomic E-state index is 10.5. The summed E-state index contributed by atoms with van der Waals surface area (Å²) >= 11 is 0. The lowest BCUT2D eigenvalue weighted by molar-refractivity contribution is -0.113. The fraction of sp³-hybridized carbons (Fsp3) is 0.444. The molecular formula is C9H15NO. The molecule has 2 N–H and O–H groups in total. The van der Waals surface area contributed by atoms with Gasteiger partial charge in [0, 0.05) is 6.08 Å². The van der Waals surface area contributed by atoms with Crippen molar-refractivity contribution in [2.45, 2.75) is 27.2 Å². The van der Waals surface area contributed by atoms with Crippen molar-refractivity contribution in [3.8, 4) is 0 Å². The Balaban J connectivity index is 4.45. The van der Waals surface area contributed by atoms with Gasteiger partial charge in [0.25, 0.3) is 0 Å². The number of hydrogen-bond acceptors (Lipinski definition) is 1. The van der Waals surface area contributed by atoms with Gasteiger partial charge in [-0.15, -0.1) is 0 Å². The van der Waals surface area contributed by atoms with Crippen molar-refractivity contribution in [2.75, 3.05) is 0 Å². The topological polar surface area (TPSA) is 43.1 Å². The van der Waals surface area contributed by atoms with Gasteiger partial charge in [-0.05, 0) is 31.4 Å². The summed E-state index contributed by atoms with van der Waals surface area (Å²) in [4.78, 5) is 10.5. The zero-order chi connectivity index (χ0) is 8.85. The average molecular weight is 153 g/mol. The lowest BCUT2D eigenvalue weighted by Gasteiger charge is -2.01. The zero-order valence-corrected chi connectivity index (χ0v) is 7.35. The van der Waals surface area contributed by atoms with E-state index in [1.807, 2.05) is 26.8 Å². The Morgan fingerprint density at radius 1 is 1.55 bits per heavy atom. The molecule has 11 heavy (non-hydrogen) atoms. The van der Waals surface area contributed by atoms with Gasteiger partial charge in [-0.3, -0.25) is 4.79 Å². The quantitative estimate of drug-likeness (QED) is 0.487. The summed E-state index contributed by atoms with van der Waals surface area (Å²) in [7, 11) is 0. The lowest BCUT2D eigenvalue weighted by Crippen LogP contribution is -2.07. The molecule has 0 atom stereocenters. The van der Waals surface area contributed by atoms with Crippen LogP contribution < -0.4 is 5.73 Å². The minimum Gasteiger partial charge on any atom is -0.366 e. The Morgan fingerprint density at radius 2 is 2.09 bits per heavy atom. The van der Waals surface area contributed by atoms with Gasteiger partial charge < -0.3 is 5.73 Å². The Hall–Kier alpha value is -1.05. The first-order valence-corrected chi connectivity index (χ1v) is 3.75. The molecule has 1 amide bonds. The fourth-order valence-corrected chi connectivity index (χ4v) is 1.02. The number of carbonyl (C=O) groups is 1. The van der Waals surface area contributed by atoms with Crippen LogP contribution >= 0.6 is 0 Å². The molecule has 0 aromatic carbocycles. The second-order valence-corrected chi connectivity index (χ2v) is 2.40. The largest absolute Gasteiger partial charge is 0.366 e. The van der Waals surface area contributed by atoms with Crippen LogP contribution in [0.1, 0.15) is 27.2 Å². The highest BCUT2D eigenvalue weighted by molar-refractivity contribution is 5.87. The standard InChI is InChI=1S/C9H15NO/c1-4-8(5-2)7(3)6-9(10)11/h4,6H,5H2,1-3H3,(H2,10,11)/b7-6+,8-4+. The van der Waals surface area contributed by atoms with Gasteiger partial charge >= 0.3 is 0 Å². The van der Waals surface area contributed by atoms with E-state index < -0.39 is 0 Å². The number of nitrogens with two attached hydrogens (primary N) is 1. The summed E-state index contributed by atoms with van der Waals surface area (Å²) in [5.41, 5.74) is 7.13. The molecule has 62 valence electrons. The van der Waals surface area contributed by atoms with Crippen molar-refractivity contribution < 1.29 is 4.79 Å². The summed E-state index contributed by atoms with van der Waals surface area (Å²) in [6.07, 6.45) is 4.39. The SMILES string of the molecule is C/C=C(CC)/C(C)=C/C(N)=O. The second-order valence-electron chi connectivity index (χ2n) is 2.40. The van der Waals surface area contributed by atoms with E-state index in [2.05, 4.69) is 0 Å². The van der Waals surface area contributed by atoms with Crippen LogP contribution in [-0.2, 0) is 4.79 Å². The highest BCUT2D eigenvalue weighted by atomic mass is 16.1. The molecule has 0 aromatic rings. The van der Waals surface area contributed by atoms with E-state index in [4.69, 9.17) is 5.73 Å². The van der Waals surface area contributed by atoms with E-state index in [1.165, 1.54) is 11.6 Å². The van der Waals surface area contributed by atoms with Crippen LogP contribution in [-0.4, -0.2) is 5.91 Å². The Bertz CT molecular complexity index is 202. The molecule has 0 aliphatic heterocycles. The molecule has 0 heterocycles. The third kappa shape index (κ3) is 3.61. The maximum atomic E-state index is 10.5. The number of rotatable bonds is 3. The van der Waals surface area contributed by atoms with E-state index >= 15 is 0 Å². The number of carbonyl (C=O) groups excluding carboxylic acids is 1. The first kappa shape index (κ1) is 9.95. The van der Waals surface area contributed by atoms with E-state index in [9.17, 15) is 4.79 Å². The van der Waals surface area contributed by atoms with E-state index in [0.29, 0.717) is 0 Å². The van der Waals surface area contributed by atoms with Gasteiger partial charge in [0.15, 0.2) is 0 Å². The average Bonchev–Trinajstić information content (AvgIpc) is 1.88. The zero-order valence-electron chi connectivity index (χ0n) is 7.35.